The zero-order chi connectivity index (χ0) is 34.1. The van der Waals surface area contributed by atoms with E-state index in [2.05, 4.69) is 51.8 Å². The lowest BCUT2D eigenvalue weighted by atomic mass is 9.88. The summed E-state index contributed by atoms with van der Waals surface area (Å²) in [7, 11) is 0. The number of carbonyl (C=O) groups is 3. The van der Waals surface area contributed by atoms with Crippen molar-refractivity contribution in [3.63, 3.8) is 0 Å². The summed E-state index contributed by atoms with van der Waals surface area (Å²) in [6.45, 7) is 15.0. The first-order chi connectivity index (χ1) is 21.7. The van der Waals surface area contributed by atoms with Gasteiger partial charge in [-0.1, -0.05) is 13.8 Å². The van der Waals surface area contributed by atoms with Gasteiger partial charge in [-0.3, -0.25) is 25.2 Å². The van der Waals surface area contributed by atoms with Crippen LogP contribution < -0.4 is 37.5 Å². The molecule has 1 aliphatic rings. The summed E-state index contributed by atoms with van der Waals surface area (Å²) >= 11 is 0. The lowest BCUT2D eigenvalue weighted by Gasteiger charge is -2.25. The summed E-state index contributed by atoms with van der Waals surface area (Å²) in [5.41, 5.74) is 0.282. The number of aliphatic hydroxyl groups is 1. The third-order valence-electron chi connectivity index (χ3n) is 6.91. The van der Waals surface area contributed by atoms with Gasteiger partial charge < -0.3 is 36.0 Å². The number of carbonyl (C=O) groups excluding carboxylic acids is 3. The summed E-state index contributed by atoms with van der Waals surface area (Å²) < 4.78 is 5.61. The van der Waals surface area contributed by atoms with Crippen LogP contribution in [-0.2, 0) is 9.53 Å². The van der Waals surface area contributed by atoms with Gasteiger partial charge in [0.25, 0.3) is 5.56 Å². The number of amides is 5. The summed E-state index contributed by atoms with van der Waals surface area (Å²) in [6.07, 6.45) is 3.29. The van der Waals surface area contributed by atoms with Crippen LogP contribution in [0.3, 0.4) is 0 Å². The molecule has 16 nitrogen and oxygen atoms in total. The van der Waals surface area contributed by atoms with Crippen LogP contribution in [0.15, 0.2) is 27.6 Å². The molecule has 16 heteroatoms. The lowest BCUT2D eigenvalue weighted by Crippen LogP contribution is -2.47. The molecule has 0 spiro atoms. The van der Waals surface area contributed by atoms with Crippen molar-refractivity contribution in [2.24, 2.45) is 10.4 Å². The smallest absolute Gasteiger partial charge is 0.321 e. The van der Waals surface area contributed by atoms with Gasteiger partial charge in [-0.25, -0.2) is 19.6 Å². The molecular formula is C30H52N10O6. The van der Waals surface area contributed by atoms with Crippen LogP contribution in [0, 0.1) is 12.3 Å². The van der Waals surface area contributed by atoms with Gasteiger partial charge in [0, 0.05) is 49.1 Å². The predicted molar refractivity (Wildman–Crippen MR) is 176 cm³/mol. The molecule has 8 N–H and O–H groups in total. The average Bonchev–Trinajstić information content (AvgIpc) is 2.93. The normalized spacial score (nSPS) is 14.7. The van der Waals surface area contributed by atoms with Crippen LogP contribution in [-0.4, -0.2) is 102 Å². The Hall–Kier alpha value is -4.02. The summed E-state index contributed by atoms with van der Waals surface area (Å²) in [5, 5.41) is 26.3. The summed E-state index contributed by atoms with van der Waals surface area (Å²) in [4.78, 5) is 61.6. The first-order valence-corrected chi connectivity index (χ1v) is 15.7. The number of anilines is 1. The number of urea groups is 2. The molecular weight excluding hydrogens is 596 g/mol. The maximum atomic E-state index is 12.8. The van der Waals surface area contributed by atoms with Crippen molar-refractivity contribution in [1.82, 2.24) is 41.5 Å². The fraction of sp³-hybridized carbons (Fsp3) is 0.667. The number of ether oxygens (including phenoxy) is 1. The zero-order valence-corrected chi connectivity index (χ0v) is 27.9. The topological polar surface area (TPSA) is 214 Å². The minimum atomic E-state index is -1.01. The number of aryl methyl sites for hydroxylation is 1. The Labute approximate surface area is 270 Å². The molecule has 0 saturated heterocycles. The van der Waals surface area contributed by atoms with Crippen molar-refractivity contribution in [1.29, 1.82) is 0 Å². The van der Waals surface area contributed by atoms with Gasteiger partial charge >= 0.3 is 12.1 Å². The Kier molecular flexibility index (Phi) is 16.2. The monoisotopic (exact) mass is 648 g/mol. The molecule has 0 aromatic carbocycles. The third-order valence-corrected chi connectivity index (χ3v) is 6.91. The fourth-order valence-corrected chi connectivity index (χ4v) is 4.41. The SMILES string of the molecule is CC1=CC(O)N=C(NC(=O)NCCCN(CCCNC(=O)Nc2nc(C)cc(=O)[nH]2)CCCNC(=O)C(C)(C)CCOC(C)C)N1. The number of allylic oxidation sites excluding steroid dienone is 1. The number of aliphatic imine (C=N–C) groups is 1. The van der Waals surface area contributed by atoms with E-state index in [1.54, 1.807) is 13.8 Å². The number of H-pyrrole nitrogens is 1. The number of nitrogens with one attached hydrogen (secondary N) is 7. The van der Waals surface area contributed by atoms with Crippen LogP contribution in [0.25, 0.3) is 0 Å². The highest BCUT2D eigenvalue weighted by molar-refractivity contribution is 5.97. The second kappa shape index (κ2) is 19.5. The van der Waals surface area contributed by atoms with Crippen molar-refractivity contribution in [2.45, 2.75) is 79.6 Å². The van der Waals surface area contributed by atoms with Gasteiger partial charge in [0.15, 0.2) is 6.23 Å². The Bertz CT molecular complexity index is 1260. The van der Waals surface area contributed by atoms with Gasteiger partial charge in [-0.2, -0.15) is 0 Å². The van der Waals surface area contributed by atoms with E-state index in [4.69, 9.17) is 4.74 Å². The molecule has 1 atom stereocenters. The van der Waals surface area contributed by atoms with Gasteiger partial charge in [-0.15, -0.1) is 0 Å². The van der Waals surface area contributed by atoms with Crippen molar-refractivity contribution >= 4 is 29.9 Å². The van der Waals surface area contributed by atoms with Crippen molar-refractivity contribution in [3.05, 3.63) is 33.9 Å². The van der Waals surface area contributed by atoms with E-state index >= 15 is 0 Å². The second-order valence-corrected chi connectivity index (χ2v) is 12.1. The number of hydrogen-bond donors (Lipinski definition) is 8. The fourth-order valence-electron chi connectivity index (χ4n) is 4.41. The van der Waals surface area contributed by atoms with E-state index in [1.165, 1.54) is 12.1 Å². The number of rotatable bonds is 18. The van der Waals surface area contributed by atoms with E-state index < -0.39 is 23.7 Å². The molecule has 0 fully saturated rings. The standard InChI is InChI=1S/C30H52N10O6/c1-20(2)46-17-10-30(5,6)25(43)31-11-7-14-40(15-8-12-32-28(44)38-26-34-21(3)18-23(41)36-26)16-9-13-33-29(45)39-27-35-22(4)19-24(42)37-27/h18-20,23,41H,7-17H2,1-6H3,(H,31,43)(H3,32,34,36,38,44)(H3,33,35,37,39,42,45). The van der Waals surface area contributed by atoms with Gasteiger partial charge in [0.2, 0.25) is 17.8 Å². The number of aromatic amines is 1. The summed E-state index contributed by atoms with van der Waals surface area (Å²) in [6, 6.07) is 0.416. The molecule has 0 aliphatic carbocycles. The molecule has 46 heavy (non-hydrogen) atoms. The molecule has 0 radical (unpaired) electrons. The average molecular weight is 649 g/mol. The second-order valence-electron chi connectivity index (χ2n) is 12.1. The van der Waals surface area contributed by atoms with Gasteiger partial charge in [0.05, 0.1) is 6.10 Å². The number of aliphatic hydroxyl groups excluding tert-OH is 1. The molecule has 1 aromatic rings. The van der Waals surface area contributed by atoms with E-state index in [9.17, 15) is 24.3 Å². The van der Waals surface area contributed by atoms with E-state index in [1.807, 2.05) is 27.7 Å². The van der Waals surface area contributed by atoms with Crippen LogP contribution in [0.4, 0.5) is 15.5 Å². The Morgan fingerprint density at radius 1 is 1.00 bits per heavy atom. The predicted octanol–water partition coefficient (Wildman–Crippen LogP) is 1.11. The van der Waals surface area contributed by atoms with Crippen LogP contribution >= 0.6 is 0 Å². The highest BCUT2D eigenvalue weighted by Gasteiger charge is 2.27. The molecule has 1 unspecified atom stereocenters. The van der Waals surface area contributed by atoms with Crippen LogP contribution in [0.5, 0.6) is 0 Å². The molecule has 2 heterocycles. The maximum Gasteiger partial charge on any atom is 0.321 e. The van der Waals surface area contributed by atoms with Crippen molar-refractivity contribution < 1.29 is 24.2 Å². The Balaban J connectivity index is 1.79. The zero-order valence-electron chi connectivity index (χ0n) is 27.9. The largest absolute Gasteiger partial charge is 0.379 e. The Morgan fingerprint density at radius 3 is 2.15 bits per heavy atom. The molecule has 2 rings (SSSR count). The molecule has 1 aliphatic heterocycles. The maximum absolute atomic E-state index is 12.8. The summed E-state index contributed by atoms with van der Waals surface area (Å²) in [5.74, 6) is 0.231. The molecule has 258 valence electrons. The van der Waals surface area contributed by atoms with Gasteiger partial charge in [0.1, 0.15) is 0 Å². The number of guanidine groups is 1. The number of aromatic nitrogens is 2. The first kappa shape index (κ1) is 38.2. The lowest BCUT2D eigenvalue weighted by molar-refractivity contribution is -0.130. The van der Waals surface area contributed by atoms with Crippen molar-refractivity contribution in [3.8, 4) is 0 Å². The molecule has 1 aromatic heterocycles. The first-order valence-electron chi connectivity index (χ1n) is 15.7. The molecule has 0 saturated carbocycles. The van der Waals surface area contributed by atoms with Crippen LogP contribution in [0.1, 0.15) is 66.0 Å². The minimum Gasteiger partial charge on any atom is -0.379 e. The Morgan fingerprint density at radius 2 is 1.59 bits per heavy atom. The van der Waals surface area contributed by atoms with Crippen LogP contribution in [0.2, 0.25) is 0 Å². The van der Waals surface area contributed by atoms with E-state index in [0.29, 0.717) is 76.5 Å². The third kappa shape index (κ3) is 15.8. The van der Waals surface area contributed by atoms with Crippen molar-refractivity contribution in [2.75, 3.05) is 51.2 Å². The quantitative estimate of drug-likeness (QED) is 0.107. The number of hydrogen-bond acceptors (Lipinski definition) is 10. The van der Waals surface area contributed by atoms with Gasteiger partial charge in [-0.05, 0) is 79.1 Å². The van der Waals surface area contributed by atoms with E-state index in [-0.39, 0.29) is 29.5 Å². The molecule has 5 amide bonds. The minimum absolute atomic E-state index is 0.0171. The van der Waals surface area contributed by atoms with E-state index in [0.717, 1.165) is 6.42 Å². The number of nitrogens with zero attached hydrogens (tertiary/aromatic N) is 3. The molecule has 0 bridgehead atoms. The highest BCUT2D eigenvalue weighted by atomic mass is 16.5. The highest BCUT2D eigenvalue weighted by Crippen LogP contribution is 2.20.